The van der Waals surface area contributed by atoms with Crippen LogP contribution in [-0.4, -0.2) is 40.0 Å². The van der Waals surface area contributed by atoms with Gasteiger partial charge in [0.2, 0.25) is 0 Å². The number of benzene rings is 1. The average Bonchev–Trinajstić information content (AvgIpc) is 2.40. The van der Waals surface area contributed by atoms with E-state index in [1.165, 1.54) is 12.1 Å². The van der Waals surface area contributed by atoms with Gasteiger partial charge in [0.15, 0.2) is 5.82 Å². The Hall–Kier alpha value is -1.18. The summed E-state index contributed by atoms with van der Waals surface area (Å²) in [7, 11) is 0. The number of carboxylic acids is 1. The van der Waals surface area contributed by atoms with Gasteiger partial charge in [0.05, 0.1) is 34.5 Å². The van der Waals surface area contributed by atoms with E-state index in [1.54, 1.807) is 6.92 Å². The van der Waals surface area contributed by atoms with Crippen molar-refractivity contribution in [3.05, 3.63) is 28.0 Å². The summed E-state index contributed by atoms with van der Waals surface area (Å²) in [4.78, 5) is 10.8. The number of hydrogen-bond acceptors (Lipinski definition) is 4. The smallest absolute Gasteiger partial charge is 0.336 e. The third kappa shape index (κ3) is 3.23. The lowest BCUT2D eigenvalue weighted by Gasteiger charge is -2.31. The molecule has 7 heteroatoms. The molecular formula is C12H15BrFNO4. The first kappa shape index (κ1) is 15.9. The molecule has 0 heterocycles. The lowest BCUT2D eigenvalue weighted by atomic mass is 9.97. The van der Waals surface area contributed by atoms with Crippen molar-refractivity contribution in [2.24, 2.45) is 0 Å². The Bertz CT molecular complexity index is 469. The van der Waals surface area contributed by atoms with Gasteiger partial charge in [-0.3, -0.25) is 0 Å². The van der Waals surface area contributed by atoms with Crippen molar-refractivity contribution in [1.82, 2.24) is 0 Å². The summed E-state index contributed by atoms with van der Waals surface area (Å²) >= 11 is 2.88. The van der Waals surface area contributed by atoms with Crippen molar-refractivity contribution < 1.29 is 24.5 Å². The summed E-state index contributed by atoms with van der Waals surface area (Å²) in [5.74, 6) is -2.02. The molecule has 0 aliphatic carbocycles. The zero-order chi connectivity index (χ0) is 14.6. The Balaban J connectivity index is 3.16. The van der Waals surface area contributed by atoms with E-state index in [4.69, 9.17) is 5.11 Å². The molecule has 0 radical (unpaired) electrons. The fraction of sp³-hybridized carbons (Fsp3) is 0.417. The largest absolute Gasteiger partial charge is 0.478 e. The third-order valence-corrected chi connectivity index (χ3v) is 3.77. The SMILES string of the molecule is CCC(CO)(CO)Nc1ccc(C(=O)O)c(Br)c1F. The van der Waals surface area contributed by atoms with E-state index in [0.717, 1.165) is 0 Å². The molecule has 0 atom stereocenters. The van der Waals surface area contributed by atoms with Crippen molar-refractivity contribution >= 4 is 27.6 Å². The molecule has 0 aromatic heterocycles. The lowest BCUT2D eigenvalue weighted by Crippen LogP contribution is -2.45. The number of anilines is 1. The molecule has 1 aromatic rings. The van der Waals surface area contributed by atoms with Crippen molar-refractivity contribution in [1.29, 1.82) is 0 Å². The number of hydrogen-bond donors (Lipinski definition) is 4. The Morgan fingerprint density at radius 1 is 1.42 bits per heavy atom. The van der Waals surface area contributed by atoms with Crippen LogP contribution in [0.25, 0.3) is 0 Å². The summed E-state index contributed by atoms with van der Waals surface area (Å²) in [6.45, 7) is 0.980. The molecule has 106 valence electrons. The number of halogens is 2. The standard InChI is InChI=1S/C12H15BrFNO4/c1-2-12(5-16,6-17)15-8-4-3-7(11(18)19)9(13)10(8)14/h3-4,15-17H,2,5-6H2,1H3,(H,18,19). The molecule has 0 unspecified atom stereocenters. The van der Waals surface area contributed by atoms with Crippen LogP contribution in [0.1, 0.15) is 23.7 Å². The summed E-state index contributed by atoms with van der Waals surface area (Å²) in [5.41, 5.74) is -1.23. The summed E-state index contributed by atoms with van der Waals surface area (Å²) < 4.78 is 13.9. The van der Waals surface area contributed by atoms with Crippen LogP contribution in [0.5, 0.6) is 0 Å². The van der Waals surface area contributed by atoms with E-state index in [-0.39, 0.29) is 28.9 Å². The minimum Gasteiger partial charge on any atom is -0.478 e. The van der Waals surface area contributed by atoms with Crippen molar-refractivity contribution in [2.45, 2.75) is 18.9 Å². The highest BCUT2D eigenvalue weighted by molar-refractivity contribution is 9.10. The number of nitrogens with one attached hydrogen (secondary N) is 1. The number of carboxylic acid groups (broad SMARTS) is 1. The second kappa shape index (κ2) is 6.31. The first-order valence-corrected chi connectivity index (χ1v) is 6.41. The zero-order valence-corrected chi connectivity index (χ0v) is 11.9. The molecule has 0 fully saturated rings. The maximum absolute atomic E-state index is 14.0. The molecule has 5 nitrogen and oxygen atoms in total. The molecule has 0 saturated carbocycles. The molecule has 0 bridgehead atoms. The first-order valence-electron chi connectivity index (χ1n) is 5.62. The van der Waals surface area contributed by atoms with Gasteiger partial charge in [-0.05, 0) is 34.5 Å². The van der Waals surface area contributed by atoms with Crippen molar-refractivity contribution in [3.8, 4) is 0 Å². The van der Waals surface area contributed by atoms with Crippen LogP contribution >= 0.6 is 15.9 Å². The highest BCUT2D eigenvalue weighted by Gasteiger charge is 2.28. The van der Waals surface area contributed by atoms with Crippen LogP contribution in [0.2, 0.25) is 0 Å². The molecule has 0 spiro atoms. The van der Waals surface area contributed by atoms with Gasteiger partial charge in [-0.25, -0.2) is 9.18 Å². The van der Waals surface area contributed by atoms with E-state index < -0.39 is 17.3 Å². The summed E-state index contributed by atoms with van der Waals surface area (Å²) in [6, 6.07) is 2.51. The molecule has 0 aliphatic heterocycles. The molecule has 0 aliphatic rings. The summed E-state index contributed by atoms with van der Waals surface area (Å²) in [5, 5.41) is 30.2. The van der Waals surface area contributed by atoms with Gasteiger partial charge in [-0.15, -0.1) is 0 Å². The number of carbonyl (C=O) groups is 1. The number of aromatic carboxylic acids is 1. The molecule has 1 rings (SSSR count). The minimum absolute atomic E-state index is 0.0156. The van der Waals surface area contributed by atoms with Gasteiger partial charge in [0.25, 0.3) is 0 Å². The first-order chi connectivity index (χ1) is 8.90. The number of aliphatic hydroxyl groups is 2. The van der Waals surface area contributed by atoms with Gasteiger partial charge in [-0.1, -0.05) is 6.92 Å². The van der Waals surface area contributed by atoms with Gasteiger partial charge in [0, 0.05) is 0 Å². The van der Waals surface area contributed by atoms with Crippen LogP contribution in [0.4, 0.5) is 10.1 Å². The Morgan fingerprint density at radius 3 is 2.42 bits per heavy atom. The third-order valence-electron chi connectivity index (χ3n) is 2.99. The second-order valence-corrected chi connectivity index (χ2v) is 4.96. The number of aliphatic hydroxyl groups excluding tert-OH is 2. The van der Waals surface area contributed by atoms with E-state index in [1.807, 2.05) is 0 Å². The van der Waals surface area contributed by atoms with E-state index >= 15 is 0 Å². The van der Waals surface area contributed by atoms with Crippen LogP contribution < -0.4 is 5.32 Å². The average molecular weight is 336 g/mol. The Morgan fingerprint density at radius 2 is 2.00 bits per heavy atom. The van der Waals surface area contributed by atoms with Gasteiger partial charge in [-0.2, -0.15) is 0 Å². The summed E-state index contributed by atoms with van der Waals surface area (Å²) in [6.07, 6.45) is 0.373. The molecule has 19 heavy (non-hydrogen) atoms. The molecule has 4 N–H and O–H groups in total. The maximum atomic E-state index is 14.0. The normalized spacial score (nSPS) is 11.4. The van der Waals surface area contributed by atoms with Gasteiger partial charge in [0.1, 0.15) is 0 Å². The van der Waals surface area contributed by atoms with Crippen LogP contribution in [0.3, 0.4) is 0 Å². The zero-order valence-electron chi connectivity index (χ0n) is 10.3. The van der Waals surface area contributed by atoms with Crippen LogP contribution in [0.15, 0.2) is 16.6 Å². The quantitative estimate of drug-likeness (QED) is 0.636. The van der Waals surface area contributed by atoms with E-state index in [0.29, 0.717) is 6.42 Å². The van der Waals surface area contributed by atoms with Crippen molar-refractivity contribution in [3.63, 3.8) is 0 Å². The predicted octanol–water partition coefficient (Wildman–Crippen LogP) is 1.83. The van der Waals surface area contributed by atoms with E-state index in [2.05, 4.69) is 21.2 Å². The Kier molecular flexibility index (Phi) is 5.28. The van der Waals surface area contributed by atoms with Crippen LogP contribution in [-0.2, 0) is 0 Å². The highest BCUT2D eigenvalue weighted by atomic mass is 79.9. The molecule has 0 amide bonds. The fourth-order valence-corrected chi connectivity index (χ4v) is 2.05. The predicted molar refractivity (Wildman–Crippen MR) is 71.9 cm³/mol. The highest BCUT2D eigenvalue weighted by Crippen LogP contribution is 2.29. The van der Waals surface area contributed by atoms with Gasteiger partial charge >= 0.3 is 5.97 Å². The lowest BCUT2D eigenvalue weighted by molar-refractivity contribution is 0.0695. The molecular weight excluding hydrogens is 321 g/mol. The number of rotatable bonds is 6. The monoisotopic (exact) mass is 335 g/mol. The van der Waals surface area contributed by atoms with Gasteiger partial charge < -0.3 is 20.6 Å². The van der Waals surface area contributed by atoms with E-state index in [9.17, 15) is 19.4 Å². The van der Waals surface area contributed by atoms with Crippen LogP contribution in [0, 0.1) is 5.82 Å². The molecule has 1 aromatic carbocycles. The second-order valence-electron chi connectivity index (χ2n) is 4.17. The topological polar surface area (TPSA) is 89.8 Å². The Labute approximate surface area is 118 Å². The van der Waals surface area contributed by atoms with Crippen molar-refractivity contribution in [2.75, 3.05) is 18.5 Å². The fourth-order valence-electron chi connectivity index (χ4n) is 1.54. The maximum Gasteiger partial charge on any atom is 0.336 e. The molecule has 0 saturated heterocycles. The minimum atomic E-state index is -1.25.